The molecule has 0 fully saturated rings. The predicted octanol–water partition coefficient (Wildman–Crippen LogP) is 3.06. The van der Waals surface area contributed by atoms with Gasteiger partial charge in [0, 0.05) is 5.92 Å². The van der Waals surface area contributed by atoms with Gasteiger partial charge in [-0.1, -0.05) is 51.1 Å². The first-order valence-corrected chi connectivity index (χ1v) is 5.75. The predicted molar refractivity (Wildman–Crippen MR) is 65.1 cm³/mol. The van der Waals surface area contributed by atoms with Crippen LogP contribution in [0.15, 0.2) is 30.3 Å². The summed E-state index contributed by atoms with van der Waals surface area (Å²) in [6, 6.07) is 9.90. The molecule has 88 valence electrons. The van der Waals surface area contributed by atoms with Crippen LogP contribution in [0.4, 0.5) is 0 Å². The zero-order valence-electron chi connectivity index (χ0n) is 10.3. The second-order valence-corrected chi connectivity index (χ2v) is 4.48. The van der Waals surface area contributed by atoms with E-state index in [1.54, 1.807) is 0 Å². The molecule has 0 amide bonds. The molecule has 0 heterocycles. The lowest BCUT2D eigenvalue weighted by atomic mass is 9.94. The lowest BCUT2D eigenvalue weighted by Crippen LogP contribution is -2.21. The van der Waals surface area contributed by atoms with Crippen LogP contribution in [0.5, 0.6) is 0 Å². The van der Waals surface area contributed by atoms with E-state index < -0.39 is 0 Å². The maximum Gasteiger partial charge on any atom is 0.161 e. The maximum absolute atomic E-state index is 11.6. The summed E-state index contributed by atoms with van der Waals surface area (Å²) >= 11 is 0. The summed E-state index contributed by atoms with van der Waals surface area (Å²) in [4.78, 5) is 11.6. The molecule has 1 atom stereocenters. The minimum atomic E-state index is 0.0794. The second-order valence-electron chi connectivity index (χ2n) is 4.48. The fraction of sp³-hybridized carbons (Fsp3) is 0.500. The molecular formula is C14H20O2. The molecular weight excluding hydrogens is 200 g/mol. The van der Waals surface area contributed by atoms with Crippen molar-refractivity contribution in [3.63, 3.8) is 0 Å². The van der Waals surface area contributed by atoms with Gasteiger partial charge >= 0.3 is 0 Å². The molecule has 1 aromatic carbocycles. The minimum absolute atomic E-state index is 0.0794. The van der Waals surface area contributed by atoms with Crippen LogP contribution in [0.1, 0.15) is 26.3 Å². The van der Waals surface area contributed by atoms with E-state index in [1.165, 1.54) is 0 Å². The van der Waals surface area contributed by atoms with Crippen molar-refractivity contribution < 1.29 is 9.53 Å². The van der Waals surface area contributed by atoms with E-state index in [1.807, 2.05) is 37.3 Å². The molecule has 1 aromatic rings. The minimum Gasteiger partial charge on any atom is -0.369 e. The Kier molecular flexibility index (Phi) is 5.20. The van der Waals surface area contributed by atoms with Crippen LogP contribution >= 0.6 is 0 Å². The van der Waals surface area contributed by atoms with E-state index in [-0.39, 0.29) is 18.3 Å². The summed E-state index contributed by atoms with van der Waals surface area (Å²) in [6.07, 6.45) is 0. The number of benzene rings is 1. The van der Waals surface area contributed by atoms with Crippen molar-refractivity contribution in [3.05, 3.63) is 35.9 Å². The van der Waals surface area contributed by atoms with Crippen LogP contribution in [0.25, 0.3) is 0 Å². The summed E-state index contributed by atoms with van der Waals surface area (Å²) in [5, 5.41) is 0. The zero-order valence-corrected chi connectivity index (χ0v) is 10.3. The van der Waals surface area contributed by atoms with Gasteiger partial charge in [-0.2, -0.15) is 0 Å². The van der Waals surface area contributed by atoms with Gasteiger partial charge in [0.1, 0.15) is 6.61 Å². The molecule has 0 saturated carbocycles. The third-order valence-electron chi connectivity index (χ3n) is 2.86. The molecule has 0 N–H and O–H groups in total. The lowest BCUT2D eigenvalue weighted by molar-refractivity contribution is -0.128. The van der Waals surface area contributed by atoms with E-state index in [0.717, 1.165) is 5.56 Å². The van der Waals surface area contributed by atoms with Crippen molar-refractivity contribution in [3.8, 4) is 0 Å². The van der Waals surface area contributed by atoms with Gasteiger partial charge in [-0.05, 0) is 11.5 Å². The summed E-state index contributed by atoms with van der Waals surface area (Å²) < 4.78 is 5.40. The van der Waals surface area contributed by atoms with Crippen molar-refractivity contribution in [2.24, 2.45) is 11.8 Å². The Morgan fingerprint density at radius 2 is 1.81 bits per heavy atom. The smallest absolute Gasteiger partial charge is 0.161 e. The summed E-state index contributed by atoms with van der Waals surface area (Å²) in [5.41, 5.74) is 1.10. The molecule has 16 heavy (non-hydrogen) atoms. The van der Waals surface area contributed by atoms with Crippen LogP contribution in [-0.4, -0.2) is 12.4 Å². The van der Waals surface area contributed by atoms with E-state index >= 15 is 0 Å². The highest BCUT2D eigenvalue weighted by molar-refractivity contribution is 5.82. The average molecular weight is 220 g/mol. The fourth-order valence-electron chi connectivity index (χ4n) is 1.35. The highest BCUT2D eigenvalue weighted by atomic mass is 16.5. The van der Waals surface area contributed by atoms with E-state index in [2.05, 4.69) is 13.8 Å². The zero-order chi connectivity index (χ0) is 12.0. The van der Waals surface area contributed by atoms with Gasteiger partial charge in [0.15, 0.2) is 5.78 Å². The third-order valence-corrected chi connectivity index (χ3v) is 2.86. The molecule has 2 heteroatoms. The molecule has 1 unspecified atom stereocenters. The number of hydrogen-bond donors (Lipinski definition) is 0. The Bertz CT molecular complexity index is 317. The monoisotopic (exact) mass is 220 g/mol. The topological polar surface area (TPSA) is 26.3 Å². The summed E-state index contributed by atoms with van der Waals surface area (Å²) in [7, 11) is 0. The third kappa shape index (κ3) is 4.15. The molecule has 0 saturated heterocycles. The number of ketones is 1. The van der Waals surface area contributed by atoms with Crippen LogP contribution in [0, 0.1) is 11.8 Å². The highest BCUT2D eigenvalue weighted by Gasteiger charge is 2.16. The molecule has 0 bridgehead atoms. The van der Waals surface area contributed by atoms with Crippen molar-refractivity contribution in [2.45, 2.75) is 27.4 Å². The van der Waals surface area contributed by atoms with Gasteiger partial charge in [-0.3, -0.25) is 4.79 Å². The lowest BCUT2D eigenvalue weighted by Gasteiger charge is -2.14. The number of carbonyl (C=O) groups is 1. The standard InChI is InChI=1S/C14H20O2/c1-11(2)12(3)14(15)10-16-9-13-7-5-4-6-8-13/h4-8,11-12H,9-10H2,1-3H3. The molecule has 0 aliphatic rings. The van der Waals surface area contributed by atoms with Crippen LogP contribution in [0.2, 0.25) is 0 Å². The van der Waals surface area contributed by atoms with E-state index in [0.29, 0.717) is 12.5 Å². The van der Waals surface area contributed by atoms with Crippen molar-refractivity contribution in [2.75, 3.05) is 6.61 Å². The first kappa shape index (κ1) is 12.9. The SMILES string of the molecule is CC(C)C(C)C(=O)COCc1ccccc1. The molecule has 2 nitrogen and oxygen atoms in total. The van der Waals surface area contributed by atoms with Crippen molar-refractivity contribution >= 4 is 5.78 Å². The quantitative estimate of drug-likeness (QED) is 0.736. The highest BCUT2D eigenvalue weighted by Crippen LogP contribution is 2.11. The summed E-state index contributed by atoms with van der Waals surface area (Å²) in [5.74, 6) is 0.648. The number of rotatable bonds is 6. The Balaban J connectivity index is 2.28. The summed E-state index contributed by atoms with van der Waals surface area (Å²) in [6.45, 7) is 6.80. The van der Waals surface area contributed by atoms with Gasteiger partial charge in [0.05, 0.1) is 6.61 Å². The van der Waals surface area contributed by atoms with Gasteiger partial charge in [-0.15, -0.1) is 0 Å². The van der Waals surface area contributed by atoms with E-state index in [4.69, 9.17) is 4.74 Å². The first-order chi connectivity index (χ1) is 7.61. The van der Waals surface area contributed by atoms with Crippen molar-refractivity contribution in [1.29, 1.82) is 0 Å². The molecule has 0 aliphatic carbocycles. The molecule has 0 aliphatic heterocycles. The number of carbonyl (C=O) groups excluding carboxylic acids is 1. The van der Waals surface area contributed by atoms with Crippen LogP contribution < -0.4 is 0 Å². The molecule has 0 aromatic heterocycles. The number of hydrogen-bond acceptors (Lipinski definition) is 2. The number of ether oxygens (including phenoxy) is 1. The maximum atomic E-state index is 11.6. The number of Topliss-reactive ketones (excluding diaryl/α,β-unsaturated/α-hetero) is 1. The Labute approximate surface area is 97.6 Å². The molecule has 0 spiro atoms. The second kappa shape index (κ2) is 6.44. The van der Waals surface area contributed by atoms with Gasteiger partial charge < -0.3 is 4.74 Å². The largest absolute Gasteiger partial charge is 0.369 e. The Morgan fingerprint density at radius 1 is 1.19 bits per heavy atom. The average Bonchev–Trinajstić information content (AvgIpc) is 2.29. The fourth-order valence-corrected chi connectivity index (χ4v) is 1.35. The van der Waals surface area contributed by atoms with Crippen LogP contribution in [-0.2, 0) is 16.1 Å². The molecule has 1 rings (SSSR count). The van der Waals surface area contributed by atoms with E-state index in [9.17, 15) is 4.79 Å². The van der Waals surface area contributed by atoms with Crippen molar-refractivity contribution in [1.82, 2.24) is 0 Å². The molecule has 0 radical (unpaired) electrons. The van der Waals surface area contributed by atoms with Gasteiger partial charge in [0.25, 0.3) is 0 Å². The van der Waals surface area contributed by atoms with Crippen LogP contribution in [0.3, 0.4) is 0 Å². The Hall–Kier alpha value is -1.15. The van der Waals surface area contributed by atoms with Gasteiger partial charge in [0.2, 0.25) is 0 Å². The first-order valence-electron chi connectivity index (χ1n) is 5.75. The van der Waals surface area contributed by atoms with Gasteiger partial charge in [-0.25, -0.2) is 0 Å². The Morgan fingerprint density at radius 3 is 2.38 bits per heavy atom. The normalized spacial score (nSPS) is 12.8.